The molecule has 0 unspecified atom stereocenters. The number of rotatable bonds is 2. The van der Waals surface area contributed by atoms with E-state index in [1.54, 1.807) is 6.07 Å². The first kappa shape index (κ1) is 10.6. The van der Waals surface area contributed by atoms with Crippen molar-refractivity contribution in [3.63, 3.8) is 0 Å². The summed E-state index contributed by atoms with van der Waals surface area (Å²) in [5.74, 6) is -1.04. The molecule has 0 aliphatic rings. The van der Waals surface area contributed by atoms with E-state index in [4.69, 9.17) is 5.73 Å². The van der Waals surface area contributed by atoms with Crippen LogP contribution >= 0.6 is 0 Å². The van der Waals surface area contributed by atoms with Crippen LogP contribution in [-0.4, -0.2) is 9.97 Å². The molecule has 2 N–H and O–H groups in total. The van der Waals surface area contributed by atoms with Crippen molar-refractivity contribution in [3.05, 3.63) is 47.9 Å². The van der Waals surface area contributed by atoms with E-state index in [2.05, 4.69) is 9.97 Å². The summed E-state index contributed by atoms with van der Waals surface area (Å²) in [6.45, 7) is -0.0172. The highest BCUT2D eigenvalue weighted by molar-refractivity contribution is 5.59. The summed E-state index contributed by atoms with van der Waals surface area (Å²) >= 11 is 0. The first-order valence-electron chi connectivity index (χ1n) is 4.67. The molecule has 0 atom stereocenters. The van der Waals surface area contributed by atoms with Gasteiger partial charge in [0.15, 0.2) is 5.82 Å². The van der Waals surface area contributed by atoms with Crippen molar-refractivity contribution in [2.75, 3.05) is 0 Å². The van der Waals surface area contributed by atoms with Crippen molar-refractivity contribution in [2.45, 2.75) is 6.54 Å². The van der Waals surface area contributed by atoms with Gasteiger partial charge in [-0.1, -0.05) is 12.1 Å². The monoisotopic (exact) mass is 221 g/mol. The van der Waals surface area contributed by atoms with Gasteiger partial charge in [-0.25, -0.2) is 18.7 Å². The molecule has 0 saturated carbocycles. The minimum atomic E-state index is -0.601. The van der Waals surface area contributed by atoms with Gasteiger partial charge < -0.3 is 5.73 Å². The molecular formula is C11H9F2N3. The van der Waals surface area contributed by atoms with E-state index in [1.165, 1.54) is 24.5 Å². The highest BCUT2D eigenvalue weighted by Gasteiger charge is 2.11. The standard InChI is InChI=1S/C11H9F2N3/c12-8-3-1-2-7(4-8)11-10(13)9(5-14)15-6-16-11/h1-4,6H,5,14H2. The lowest BCUT2D eigenvalue weighted by Crippen LogP contribution is -2.05. The lowest BCUT2D eigenvalue weighted by Gasteiger charge is -2.04. The number of halogens is 2. The van der Waals surface area contributed by atoms with E-state index < -0.39 is 11.6 Å². The molecule has 0 bridgehead atoms. The molecule has 2 rings (SSSR count). The fraction of sp³-hybridized carbons (Fsp3) is 0.0909. The molecule has 1 aromatic carbocycles. The lowest BCUT2D eigenvalue weighted by atomic mass is 10.1. The number of nitrogens with zero attached hydrogens (tertiary/aromatic N) is 2. The topological polar surface area (TPSA) is 51.8 Å². The lowest BCUT2D eigenvalue weighted by molar-refractivity contribution is 0.595. The Bertz CT molecular complexity index is 514. The Hall–Kier alpha value is -1.88. The van der Waals surface area contributed by atoms with E-state index in [0.717, 1.165) is 0 Å². The largest absolute Gasteiger partial charge is 0.325 e. The fourth-order valence-electron chi connectivity index (χ4n) is 1.39. The highest BCUT2D eigenvalue weighted by Crippen LogP contribution is 2.21. The zero-order valence-corrected chi connectivity index (χ0v) is 8.32. The predicted molar refractivity (Wildman–Crippen MR) is 55.3 cm³/mol. The van der Waals surface area contributed by atoms with Crippen LogP contribution in [0.3, 0.4) is 0 Å². The normalized spacial score (nSPS) is 10.4. The predicted octanol–water partition coefficient (Wildman–Crippen LogP) is 1.88. The molecule has 16 heavy (non-hydrogen) atoms. The fourth-order valence-corrected chi connectivity index (χ4v) is 1.39. The van der Waals surface area contributed by atoms with Crippen molar-refractivity contribution >= 4 is 0 Å². The maximum atomic E-state index is 13.8. The number of aromatic nitrogens is 2. The third-order valence-corrected chi connectivity index (χ3v) is 2.15. The van der Waals surface area contributed by atoms with E-state index in [0.29, 0.717) is 5.56 Å². The molecule has 0 radical (unpaired) electrons. The van der Waals surface area contributed by atoms with Crippen LogP contribution < -0.4 is 5.73 Å². The summed E-state index contributed by atoms with van der Waals surface area (Å²) in [6, 6.07) is 5.57. The Balaban J connectivity index is 2.56. The van der Waals surface area contributed by atoms with Gasteiger partial charge in [-0.05, 0) is 12.1 Å². The van der Waals surface area contributed by atoms with Crippen LogP contribution in [-0.2, 0) is 6.54 Å². The molecule has 5 heteroatoms. The summed E-state index contributed by atoms with van der Waals surface area (Å²) in [5, 5.41) is 0. The molecule has 1 heterocycles. The summed E-state index contributed by atoms with van der Waals surface area (Å²) in [4.78, 5) is 7.49. The zero-order chi connectivity index (χ0) is 11.5. The maximum Gasteiger partial charge on any atom is 0.172 e. The Kier molecular flexibility index (Phi) is 2.87. The minimum Gasteiger partial charge on any atom is -0.325 e. The Morgan fingerprint density at radius 2 is 2.00 bits per heavy atom. The summed E-state index contributed by atoms with van der Waals surface area (Å²) in [6.07, 6.45) is 1.21. The Morgan fingerprint density at radius 1 is 1.19 bits per heavy atom. The first-order chi connectivity index (χ1) is 7.72. The van der Waals surface area contributed by atoms with Gasteiger partial charge in [-0.3, -0.25) is 0 Å². The summed E-state index contributed by atoms with van der Waals surface area (Å²) in [7, 11) is 0. The molecular weight excluding hydrogens is 212 g/mol. The molecule has 0 aliphatic heterocycles. The van der Waals surface area contributed by atoms with Gasteiger partial charge >= 0.3 is 0 Å². The third-order valence-electron chi connectivity index (χ3n) is 2.15. The molecule has 2 aromatic rings. The van der Waals surface area contributed by atoms with Gasteiger partial charge in [0.1, 0.15) is 17.8 Å². The highest BCUT2D eigenvalue weighted by atomic mass is 19.1. The second-order valence-corrected chi connectivity index (χ2v) is 3.20. The average Bonchev–Trinajstić information content (AvgIpc) is 2.29. The third kappa shape index (κ3) is 1.90. The molecule has 3 nitrogen and oxygen atoms in total. The summed E-state index contributed by atoms with van der Waals surface area (Å²) < 4.78 is 26.7. The van der Waals surface area contributed by atoms with Crippen molar-refractivity contribution in [1.82, 2.24) is 9.97 Å². The van der Waals surface area contributed by atoms with Crippen LogP contribution in [0.5, 0.6) is 0 Å². The van der Waals surface area contributed by atoms with Gasteiger partial charge in [0, 0.05) is 12.1 Å². The Labute approximate surface area is 91.0 Å². The van der Waals surface area contributed by atoms with Gasteiger partial charge in [0.2, 0.25) is 0 Å². The van der Waals surface area contributed by atoms with Crippen molar-refractivity contribution < 1.29 is 8.78 Å². The van der Waals surface area contributed by atoms with E-state index in [-0.39, 0.29) is 17.9 Å². The molecule has 0 amide bonds. The van der Waals surface area contributed by atoms with Crippen LogP contribution in [0.1, 0.15) is 5.69 Å². The molecule has 0 fully saturated rings. The van der Waals surface area contributed by atoms with Gasteiger partial charge in [-0.2, -0.15) is 0 Å². The number of hydrogen-bond donors (Lipinski definition) is 1. The minimum absolute atomic E-state index is 0.0172. The van der Waals surface area contributed by atoms with Crippen LogP contribution in [0.2, 0.25) is 0 Å². The molecule has 82 valence electrons. The van der Waals surface area contributed by atoms with E-state index in [9.17, 15) is 8.78 Å². The SMILES string of the molecule is NCc1ncnc(-c2cccc(F)c2)c1F. The van der Waals surface area contributed by atoms with Gasteiger partial charge in [0.25, 0.3) is 0 Å². The summed E-state index contributed by atoms with van der Waals surface area (Å²) in [5.41, 5.74) is 5.88. The molecule has 0 aliphatic carbocycles. The van der Waals surface area contributed by atoms with Crippen LogP contribution in [0, 0.1) is 11.6 Å². The van der Waals surface area contributed by atoms with E-state index >= 15 is 0 Å². The number of benzene rings is 1. The second kappa shape index (κ2) is 4.32. The number of nitrogens with two attached hydrogens (primary N) is 1. The van der Waals surface area contributed by atoms with Gasteiger partial charge in [0.05, 0.1) is 5.69 Å². The quantitative estimate of drug-likeness (QED) is 0.842. The van der Waals surface area contributed by atoms with Crippen molar-refractivity contribution in [1.29, 1.82) is 0 Å². The van der Waals surface area contributed by atoms with Crippen molar-refractivity contribution in [2.24, 2.45) is 5.73 Å². The zero-order valence-electron chi connectivity index (χ0n) is 8.32. The second-order valence-electron chi connectivity index (χ2n) is 3.20. The maximum absolute atomic E-state index is 13.8. The number of hydrogen-bond acceptors (Lipinski definition) is 3. The first-order valence-corrected chi connectivity index (χ1v) is 4.67. The smallest absolute Gasteiger partial charge is 0.172 e. The average molecular weight is 221 g/mol. The Morgan fingerprint density at radius 3 is 2.69 bits per heavy atom. The molecule has 0 spiro atoms. The van der Waals surface area contributed by atoms with Crippen LogP contribution in [0.25, 0.3) is 11.3 Å². The molecule has 0 saturated heterocycles. The van der Waals surface area contributed by atoms with Crippen LogP contribution in [0.4, 0.5) is 8.78 Å². The van der Waals surface area contributed by atoms with Crippen molar-refractivity contribution in [3.8, 4) is 11.3 Å². The van der Waals surface area contributed by atoms with Gasteiger partial charge in [-0.15, -0.1) is 0 Å². The van der Waals surface area contributed by atoms with E-state index in [1.807, 2.05) is 0 Å². The molecule has 1 aromatic heterocycles. The van der Waals surface area contributed by atoms with Crippen LogP contribution in [0.15, 0.2) is 30.6 Å².